The van der Waals surface area contributed by atoms with Gasteiger partial charge in [0, 0.05) is 18.0 Å². The number of hydrogen-bond donors (Lipinski definition) is 2. The summed E-state index contributed by atoms with van der Waals surface area (Å²) >= 11 is 0. The molecule has 12 heavy (non-hydrogen) atoms. The summed E-state index contributed by atoms with van der Waals surface area (Å²) in [5.41, 5.74) is 5.43. The molecule has 1 aromatic rings. The fourth-order valence-electron chi connectivity index (χ4n) is 0.697. The monoisotopic (exact) mass is 165 g/mol. The van der Waals surface area contributed by atoms with Crippen molar-refractivity contribution in [2.24, 2.45) is 10.9 Å². The first kappa shape index (κ1) is 8.19. The molecule has 1 heterocycles. The molecule has 0 aliphatic carbocycles. The van der Waals surface area contributed by atoms with Crippen molar-refractivity contribution in [3.63, 3.8) is 0 Å². The maximum Gasteiger partial charge on any atom is 0.231 e. The van der Waals surface area contributed by atoms with Gasteiger partial charge >= 0.3 is 0 Å². The number of carbonyl (C=O) groups excluding carboxylic acids is 1. The van der Waals surface area contributed by atoms with E-state index < -0.39 is 11.6 Å². The van der Waals surface area contributed by atoms with E-state index in [0.717, 1.165) is 0 Å². The minimum atomic E-state index is -0.514. The Morgan fingerprint density at radius 3 is 2.58 bits per heavy atom. The Morgan fingerprint density at radius 2 is 2.08 bits per heavy atom. The molecule has 0 amide bonds. The molecular formula is C7H7N3O2. The zero-order chi connectivity index (χ0) is 8.97. The molecule has 0 aliphatic heterocycles. The Bertz CT molecular complexity index is 308. The molecule has 3 N–H and O–H groups in total. The van der Waals surface area contributed by atoms with Gasteiger partial charge in [0.1, 0.15) is 0 Å². The smallest absolute Gasteiger partial charge is 0.231 e. The lowest BCUT2D eigenvalue weighted by molar-refractivity contribution is 0.106. The third kappa shape index (κ3) is 1.57. The van der Waals surface area contributed by atoms with Gasteiger partial charge in [0.05, 0.1) is 0 Å². The number of carbonyl (C=O) groups is 1. The van der Waals surface area contributed by atoms with Crippen LogP contribution in [0.1, 0.15) is 10.4 Å². The van der Waals surface area contributed by atoms with Gasteiger partial charge in [0.2, 0.25) is 11.6 Å². The van der Waals surface area contributed by atoms with Crippen LogP contribution in [0.3, 0.4) is 0 Å². The lowest BCUT2D eigenvalue weighted by Crippen LogP contribution is -2.23. The van der Waals surface area contributed by atoms with Crippen molar-refractivity contribution in [2.45, 2.75) is 0 Å². The summed E-state index contributed by atoms with van der Waals surface area (Å²) in [6, 6.07) is 2.97. The van der Waals surface area contributed by atoms with Crippen molar-refractivity contribution in [1.82, 2.24) is 4.98 Å². The van der Waals surface area contributed by atoms with Crippen LogP contribution in [0.25, 0.3) is 0 Å². The van der Waals surface area contributed by atoms with Crippen molar-refractivity contribution in [3.8, 4) is 0 Å². The topological polar surface area (TPSA) is 88.6 Å². The Hall–Kier alpha value is -1.91. The molecule has 1 aromatic heterocycles. The highest BCUT2D eigenvalue weighted by molar-refractivity contribution is 6.44. The highest BCUT2D eigenvalue weighted by Gasteiger charge is 2.09. The first-order valence-electron chi connectivity index (χ1n) is 3.18. The Kier molecular flexibility index (Phi) is 2.37. The Balaban J connectivity index is 2.94. The van der Waals surface area contributed by atoms with Crippen LogP contribution >= 0.6 is 0 Å². The minimum Gasteiger partial charge on any atom is -0.409 e. The Morgan fingerprint density at radius 1 is 1.50 bits per heavy atom. The SMILES string of the molecule is N/C(=N\O)C(=O)c1ccncc1. The average Bonchev–Trinajstić information content (AvgIpc) is 2.17. The number of amidine groups is 1. The lowest BCUT2D eigenvalue weighted by Gasteiger charge is -1.95. The van der Waals surface area contributed by atoms with Crippen molar-refractivity contribution in [1.29, 1.82) is 0 Å². The van der Waals surface area contributed by atoms with Crippen molar-refractivity contribution in [3.05, 3.63) is 30.1 Å². The summed E-state index contributed by atoms with van der Waals surface area (Å²) in [4.78, 5) is 14.8. The molecular weight excluding hydrogens is 158 g/mol. The van der Waals surface area contributed by atoms with E-state index in [4.69, 9.17) is 10.9 Å². The number of nitrogens with zero attached hydrogens (tertiary/aromatic N) is 2. The summed E-state index contributed by atoms with van der Waals surface area (Å²) in [5, 5.41) is 10.8. The van der Waals surface area contributed by atoms with E-state index >= 15 is 0 Å². The van der Waals surface area contributed by atoms with Gasteiger partial charge in [-0.3, -0.25) is 9.78 Å². The van der Waals surface area contributed by atoms with Gasteiger partial charge in [-0.1, -0.05) is 5.16 Å². The molecule has 0 atom stereocenters. The zero-order valence-corrected chi connectivity index (χ0v) is 6.14. The summed E-state index contributed by atoms with van der Waals surface area (Å²) < 4.78 is 0. The van der Waals surface area contributed by atoms with Crippen LogP contribution in [0.5, 0.6) is 0 Å². The summed E-state index contributed by atoms with van der Waals surface area (Å²) in [6.45, 7) is 0. The van der Waals surface area contributed by atoms with Crippen LogP contribution in [0.2, 0.25) is 0 Å². The van der Waals surface area contributed by atoms with Crippen LogP contribution < -0.4 is 5.73 Å². The largest absolute Gasteiger partial charge is 0.409 e. The maximum absolute atomic E-state index is 11.1. The first-order valence-corrected chi connectivity index (χ1v) is 3.18. The van der Waals surface area contributed by atoms with Crippen LogP contribution in [0.4, 0.5) is 0 Å². The third-order valence-corrected chi connectivity index (χ3v) is 1.28. The van der Waals surface area contributed by atoms with Gasteiger partial charge in [-0.25, -0.2) is 0 Å². The molecule has 5 heteroatoms. The molecule has 0 aliphatic rings. The average molecular weight is 165 g/mol. The second-order valence-corrected chi connectivity index (χ2v) is 2.05. The van der Waals surface area contributed by atoms with Crippen LogP contribution in [-0.2, 0) is 0 Å². The molecule has 0 spiro atoms. The number of pyridine rings is 1. The molecule has 0 unspecified atom stereocenters. The van der Waals surface area contributed by atoms with Gasteiger partial charge in [-0.2, -0.15) is 0 Å². The molecule has 0 bridgehead atoms. The molecule has 0 fully saturated rings. The van der Waals surface area contributed by atoms with Crippen molar-refractivity contribution in [2.75, 3.05) is 0 Å². The summed E-state index contributed by atoms with van der Waals surface area (Å²) in [6.07, 6.45) is 2.91. The number of nitrogens with two attached hydrogens (primary N) is 1. The van der Waals surface area contributed by atoms with Gasteiger partial charge in [-0.15, -0.1) is 0 Å². The molecule has 0 radical (unpaired) electrons. The normalized spacial score (nSPS) is 11.2. The van der Waals surface area contributed by atoms with E-state index in [9.17, 15) is 4.79 Å². The third-order valence-electron chi connectivity index (χ3n) is 1.28. The van der Waals surface area contributed by atoms with E-state index in [1.165, 1.54) is 24.5 Å². The van der Waals surface area contributed by atoms with E-state index in [1.54, 1.807) is 0 Å². The van der Waals surface area contributed by atoms with E-state index in [2.05, 4.69) is 10.1 Å². The maximum atomic E-state index is 11.1. The molecule has 0 aromatic carbocycles. The number of rotatable bonds is 2. The minimum absolute atomic E-state index is 0.348. The quantitative estimate of drug-likeness (QED) is 0.212. The van der Waals surface area contributed by atoms with Gasteiger partial charge in [-0.05, 0) is 12.1 Å². The second-order valence-electron chi connectivity index (χ2n) is 2.05. The zero-order valence-electron chi connectivity index (χ0n) is 6.14. The van der Waals surface area contributed by atoms with Gasteiger partial charge in [0.15, 0.2) is 0 Å². The molecule has 0 saturated carbocycles. The predicted octanol–water partition coefficient (Wildman–Crippen LogP) is 0.0107. The van der Waals surface area contributed by atoms with E-state index in [-0.39, 0.29) is 0 Å². The van der Waals surface area contributed by atoms with E-state index in [0.29, 0.717) is 5.56 Å². The standard InChI is InChI=1S/C7H7N3O2/c8-7(10-12)6(11)5-1-3-9-4-2-5/h1-4,12H,(H2,8,10). The van der Waals surface area contributed by atoms with Crippen LogP contribution in [-0.4, -0.2) is 21.8 Å². The summed E-state index contributed by atoms with van der Waals surface area (Å²) in [7, 11) is 0. The van der Waals surface area contributed by atoms with Crippen LogP contribution in [0, 0.1) is 0 Å². The number of ketones is 1. The van der Waals surface area contributed by atoms with Crippen molar-refractivity contribution >= 4 is 11.6 Å². The van der Waals surface area contributed by atoms with E-state index in [1.807, 2.05) is 0 Å². The second kappa shape index (κ2) is 3.47. The number of hydrogen-bond acceptors (Lipinski definition) is 4. The lowest BCUT2D eigenvalue weighted by atomic mass is 10.2. The van der Waals surface area contributed by atoms with Crippen molar-refractivity contribution < 1.29 is 10.0 Å². The predicted molar refractivity (Wildman–Crippen MR) is 42.0 cm³/mol. The molecule has 5 nitrogen and oxygen atoms in total. The summed E-state index contributed by atoms with van der Waals surface area (Å²) in [5.74, 6) is -0.943. The first-order chi connectivity index (χ1) is 5.75. The van der Waals surface area contributed by atoms with Gasteiger partial charge < -0.3 is 10.9 Å². The highest BCUT2D eigenvalue weighted by atomic mass is 16.4. The number of aromatic nitrogens is 1. The number of Topliss-reactive ketones (excluding diaryl/α,β-unsaturated/α-hetero) is 1. The Labute approximate surface area is 68.5 Å². The van der Waals surface area contributed by atoms with Gasteiger partial charge in [0.25, 0.3) is 0 Å². The molecule has 62 valence electrons. The molecule has 1 rings (SSSR count). The van der Waals surface area contributed by atoms with Crippen LogP contribution in [0.15, 0.2) is 29.7 Å². The molecule has 0 saturated heterocycles. The highest BCUT2D eigenvalue weighted by Crippen LogP contribution is 1.97. The fraction of sp³-hybridized carbons (Fsp3) is 0. The number of oxime groups is 1. The fourth-order valence-corrected chi connectivity index (χ4v) is 0.697.